The highest BCUT2D eigenvalue weighted by atomic mass is 79.9. The van der Waals surface area contributed by atoms with E-state index in [9.17, 15) is 0 Å². The second-order valence-corrected chi connectivity index (χ2v) is 7.22. The molecule has 0 aliphatic carbocycles. The maximum absolute atomic E-state index is 6.23. The first-order valence-electron chi connectivity index (χ1n) is 6.57. The first-order chi connectivity index (χ1) is 9.56. The van der Waals surface area contributed by atoms with Gasteiger partial charge in [-0.15, -0.1) is 10.2 Å². The number of hydrogen-bond donors (Lipinski definition) is 1. The van der Waals surface area contributed by atoms with Crippen molar-refractivity contribution in [1.29, 1.82) is 0 Å². The molecule has 1 aromatic carbocycles. The molecule has 0 aliphatic rings. The molecule has 6 heteroatoms. The van der Waals surface area contributed by atoms with Crippen molar-refractivity contribution in [2.45, 2.75) is 32.7 Å². The number of benzene rings is 1. The average Bonchev–Trinajstić information content (AvgIpc) is 2.83. The maximum Gasteiger partial charge on any atom is 0.149 e. The lowest BCUT2D eigenvalue weighted by Crippen LogP contribution is -2.23. The third kappa shape index (κ3) is 4.52. The molecule has 0 atom stereocenters. The Kier molecular flexibility index (Phi) is 5.96. The van der Waals surface area contributed by atoms with E-state index in [4.69, 9.17) is 11.6 Å². The van der Waals surface area contributed by atoms with Gasteiger partial charge in [0.2, 0.25) is 0 Å². The standard InChI is InChI=1S/C14H17BrClN3S/c1-9(2)17-7-3-4-13-18-19-14(20-13)11-6-5-10(15)8-12(11)16/h5-6,8-9,17H,3-4,7H2,1-2H3. The van der Waals surface area contributed by atoms with Crippen molar-refractivity contribution in [1.82, 2.24) is 15.5 Å². The SMILES string of the molecule is CC(C)NCCCc1nnc(-c2ccc(Br)cc2Cl)s1. The molecule has 0 fully saturated rings. The van der Waals surface area contributed by atoms with Crippen LogP contribution in [0, 0.1) is 0 Å². The van der Waals surface area contributed by atoms with Gasteiger partial charge in [-0.3, -0.25) is 0 Å². The Morgan fingerprint density at radius 3 is 2.85 bits per heavy atom. The van der Waals surface area contributed by atoms with E-state index in [0.29, 0.717) is 11.1 Å². The molecular formula is C14H17BrClN3S. The minimum atomic E-state index is 0.529. The van der Waals surface area contributed by atoms with Crippen LogP contribution < -0.4 is 5.32 Å². The van der Waals surface area contributed by atoms with E-state index in [2.05, 4.69) is 45.3 Å². The Hall–Kier alpha value is -0.490. The highest BCUT2D eigenvalue weighted by Crippen LogP contribution is 2.32. The Morgan fingerprint density at radius 2 is 2.15 bits per heavy atom. The van der Waals surface area contributed by atoms with E-state index in [1.165, 1.54) is 0 Å². The first kappa shape index (κ1) is 15.9. The zero-order valence-electron chi connectivity index (χ0n) is 11.5. The van der Waals surface area contributed by atoms with Gasteiger partial charge in [-0.05, 0) is 31.2 Å². The summed E-state index contributed by atoms with van der Waals surface area (Å²) in [5.41, 5.74) is 0.943. The molecule has 2 aromatic rings. The quantitative estimate of drug-likeness (QED) is 0.754. The highest BCUT2D eigenvalue weighted by molar-refractivity contribution is 9.10. The molecule has 1 N–H and O–H groups in total. The van der Waals surface area contributed by atoms with Crippen LogP contribution in [0.4, 0.5) is 0 Å². The number of halogens is 2. The molecule has 108 valence electrons. The molecule has 0 bridgehead atoms. The van der Waals surface area contributed by atoms with E-state index in [0.717, 1.165) is 39.4 Å². The molecule has 0 saturated carbocycles. The first-order valence-corrected chi connectivity index (χ1v) is 8.56. The summed E-state index contributed by atoms with van der Waals surface area (Å²) in [5, 5.41) is 14.5. The van der Waals surface area contributed by atoms with E-state index in [-0.39, 0.29) is 0 Å². The normalized spacial score (nSPS) is 11.2. The molecule has 0 amide bonds. The van der Waals surface area contributed by atoms with Crippen molar-refractivity contribution >= 4 is 38.9 Å². The Bertz CT molecular complexity index is 571. The van der Waals surface area contributed by atoms with Gasteiger partial charge in [0.05, 0.1) is 5.02 Å². The zero-order valence-corrected chi connectivity index (χ0v) is 14.6. The van der Waals surface area contributed by atoms with Crippen LogP contribution in [0.3, 0.4) is 0 Å². The van der Waals surface area contributed by atoms with Crippen molar-refractivity contribution in [2.24, 2.45) is 0 Å². The average molecular weight is 375 g/mol. The van der Waals surface area contributed by atoms with Crippen LogP contribution in [0.1, 0.15) is 25.3 Å². The topological polar surface area (TPSA) is 37.8 Å². The van der Waals surface area contributed by atoms with Gasteiger partial charge in [0.25, 0.3) is 0 Å². The highest BCUT2D eigenvalue weighted by Gasteiger charge is 2.10. The molecule has 0 saturated heterocycles. The van der Waals surface area contributed by atoms with Gasteiger partial charge in [-0.1, -0.05) is 52.7 Å². The summed E-state index contributed by atoms with van der Waals surface area (Å²) < 4.78 is 0.968. The number of nitrogens with one attached hydrogen (secondary N) is 1. The van der Waals surface area contributed by atoms with E-state index >= 15 is 0 Å². The second kappa shape index (κ2) is 7.50. The van der Waals surface area contributed by atoms with Crippen LogP contribution in [-0.2, 0) is 6.42 Å². The summed E-state index contributed by atoms with van der Waals surface area (Å²) in [4.78, 5) is 0. The Labute approximate surface area is 136 Å². The fourth-order valence-corrected chi connectivity index (χ4v) is 3.50. The molecule has 0 aliphatic heterocycles. The largest absolute Gasteiger partial charge is 0.315 e. The van der Waals surface area contributed by atoms with Gasteiger partial charge >= 0.3 is 0 Å². The Morgan fingerprint density at radius 1 is 1.35 bits per heavy atom. The van der Waals surface area contributed by atoms with Crippen LogP contribution in [0.2, 0.25) is 5.02 Å². The maximum atomic E-state index is 6.23. The van der Waals surface area contributed by atoms with E-state index in [1.54, 1.807) is 11.3 Å². The van der Waals surface area contributed by atoms with Gasteiger partial charge < -0.3 is 5.32 Å². The van der Waals surface area contributed by atoms with E-state index in [1.807, 2.05) is 18.2 Å². The number of aryl methyl sites for hydroxylation is 1. The lowest BCUT2D eigenvalue weighted by molar-refractivity contribution is 0.569. The summed E-state index contributed by atoms with van der Waals surface area (Å²) in [6, 6.07) is 6.35. The fourth-order valence-electron chi connectivity index (χ4n) is 1.76. The molecule has 1 aromatic heterocycles. The molecule has 2 rings (SSSR count). The van der Waals surface area contributed by atoms with Crippen LogP contribution in [0.5, 0.6) is 0 Å². The monoisotopic (exact) mass is 373 g/mol. The van der Waals surface area contributed by atoms with Crippen LogP contribution in [0.25, 0.3) is 10.6 Å². The van der Waals surface area contributed by atoms with Crippen LogP contribution >= 0.6 is 38.9 Å². The third-order valence-corrected chi connectivity index (χ3v) is 4.57. The van der Waals surface area contributed by atoms with Crippen molar-refractivity contribution in [3.05, 3.63) is 32.7 Å². The summed E-state index contributed by atoms with van der Waals surface area (Å²) in [6.07, 6.45) is 2.02. The third-order valence-electron chi connectivity index (χ3n) is 2.75. The summed E-state index contributed by atoms with van der Waals surface area (Å²) >= 11 is 11.3. The van der Waals surface area contributed by atoms with Crippen molar-refractivity contribution in [3.8, 4) is 10.6 Å². The van der Waals surface area contributed by atoms with Crippen LogP contribution in [0.15, 0.2) is 22.7 Å². The number of hydrogen-bond acceptors (Lipinski definition) is 4. The lowest BCUT2D eigenvalue weighted by atomic mass is 10.2. The Balaban J connectivity index is 1.98. The van der Waals surface area contributed by atoms with Gasteiger partial charge in [0.15, 0.2) is 0 Å². The second-order valence-electron chi connectivity index (χ2n) is 4.84. The van der Waals surface area contributed by atoms with Crippen molar-refractivity contribution in [3.63, 3.8) is 0 Å². The lowest BCUT2D eigenvalue weighted by Gasteiger charge is -2.05. The fraction of sp³-hybridized carbons (Fsp3) is 0.429. The number of aromatic nitrogens is 2. The molecule has 3 nitrogen and oxygen atoms in total. The molecule has 0 unspecified atom stereocenters. The van der Waals surface area contributed by atoms with Crippen molar-refractivity contribution in [2.75, 3.05) is 6.54 Å². The molecule has 1 heterocycles. The van der Waals surface area contributed by atoms with Gasteiger partial charge in [-0.25, -0.2) is 0 Å². The smallest absolute Gasteiger partial charge is 0.149 e. The number of rotatable bonds is 6. The predicted octanol–water partition coefficient (Wildman–Crippen LogP) is 4.55. The summed E-state index contributed by atoms with van der Waals surface area (Å²) in [5.74, 6) is 0. The zero-order chi connectivity index (χ0) is 14.5. The van der Waals surface area contributed by atoms with E-state index < -0.39 is 0 Å². The van der Waals surface area contributed by atoms with Gasteiger partial charge in [-0.2, -0.15) is 0 Å². The van der Waals surface area contributed by atoms with Gasteiger partial charge in [0.1, 0.15) is 10.0 Å². The van der Waals surface area contributed by atoms with Crippen LogP contribution in [-0.4, -0.2) is 22.8 Å². The molecule has 0 spiro atoms. The minimum absolute atomic E-state index is 0.529. The predicted molar refractivity (Wildman–Crippen MR) is 89.5 cm³/mol. The summed E-state index contributed by atoms with van der Waals surface area (Å²) in [7, 11) is 0. The molecular weight excluding hydrogens is 358 g/mol. The summed E-state index contributed by atoms with van der Waals surface area (Å²) in [6.45, 7) is 5.31. The van der Waals surface area contributed by atoms with Crippen molar-refractivity contribution < 1.29 is 0 Å². The molecule has 20 heavy (non-hydrogen) atoms. The number of nitrogens with zero attached hydrogens (tertiary/aromatic N) is 2. The van der Waals surface area contributed by atoms with Gasteiger partial charge in [0, 0.05) is 22.5 Å². The molecule has 0 radical (unpaired) electrons. The minimum Gasteiger partial charge on any atom is -0.315 e.